The molecule has 0 saturated heterocycles. The summed E-state index contributed by atoms with van der Waals surface area (Å²) < 4.78 is 41.9. The van der Waals surface area contributed by atoms with E-state index >= 15 is 8.78 Å². The highest BCUT2D eigenvalue weighted by molar-refractivity contribution is 6.28. The summed E-state index contributed by atoms with van der Waals surface area (Å²) in [6.45, 7) is 1.20. The first-order valence-electron chi connectivity index (χ1n) is 7.74. The molecule has 1 unspecified atom stereocenters. The molecule has 3 atom stereocenters. The average molecular weight is 395 g/mol. The molecular formula is C15H21ClF2N4O4. The van der Waals surface area contributed by atoms with Crippen molar-refractivity contribution in [2.45, 2.75) is 26.0 Å². The molecule has 26 heavy (non-hydrogen) atoms. The van der Waals surface area contributed by atoms with E-state index in [-0.39, 0.29) is 22.3 Å². The van der Waals surface area contributed by atoms with E-state index in [1.54, 1.807) is 0 Å². The molecule has 2 aromatic rings. The Bertz CT molecular complexity index is 775. The highest BCUT2D eigenvalue weighted by Crippen LogP contribution is 2.49. The molecule has 0 aromatic carbocycles. The van der Waals surface area contributed by atoms with Gasteiger partial charge in [0.2, 0.25) is 17.4 Å². The van der Waals surface area contributed by atoms with E-state index in [0.29, 0.717) is 0 Å². The van der Waals surface area contributed by atoms with Crippen LogP contribution in [0.25, 0.3) is 11.2 Å². The summed E-state index contributed by atoms with van der Waals surface area (Å²) in [5.41, 5.74) is -1.85. The molecule has 2 aromatic heterocycles. The Kier molecular flexibility index (Phi) is 6.01. The summed E-state index contributed by atoms with van der Waals surface area (Å²) in [5.74, 6) is -4.48. The summed E-state index contributed by atoms with van der Waals surface area (Å²) in [7, 11) is 2.44. The molecule has 0 bridgehead atoms. The van der Waals surface area contributed by atoms with Crippen molar-refractivity contribution in [1.29, 1.82) is 0 Å². The van der Waals surface area contributed by atoms with E-state index in [4.69, 9.17) is 21.1 Å². The maximum absolute atomic E-state index is 15.4. The van der Waals surface area contributed by atoms with E-state index in [1.165, 1.54) is 21.0 Å². The quantitative estimate of drug-likeness (QED) is 0.659. The van der Waals surface area contributed by atoms with Crippen molar-refractivity contribution in [3.8, 4) is 5.88 Å². The molecule has 2 rings (SSSR count). The molecule has 0 amide bonds. The second kappa shape index (κ2) is 7.55. The van der Waals surface area contributed by atoms with Gasteiger partial charge in [0.05, 0.1) is 25.5 Å². The van der Waals surface area contributed by atoms with Crippen LogP contribution in [0.2, 0.25) is 5.28 Å². The van der Waals surface area contributed by atoms with Crippen LogP contribution in [-0.2, 0) is 4.74 Å². The van der Waals surface area contributed by atoms with Crippen molar-refractivity contribution in [1.82, 2.24) is 19.5 Å². The van der Waals surface area contributed by atoms with E-state index < -0.39 is 36.7 Å². The molecule has 0 fully saturated rings. The minimum absolute atomic E-state index is 0.00897. The van der Waals surface area contributed by atoms with Gasteiger partial charge in [-0.1, -0.05) is 13.8 Å². The molecule has 0 spiro atoms. The van der Waals surface area contributed by atoms with Crippen LogP contribution in [0.5, 0.6) is 5.88 Å². The molecule has 146 valence electrons. The summed E-state index contributed by atoms with van der Waals surface area (Å²) in [4.78, 5) is 11.8. The average Bonchev–Trinajstić information content (AvgIpc) is 3.03. The van der Waals surface area contributed by atoms with Crippen LogP contribution in [0.3, 0.4) is 0 Å². The summed E-state index contributed by atoms with van der Waals surface area (Å²) in [6, 6.07) is 0. The number of fused-ring (bicyclic) bond motifs is 1. The van der Waals surface area contributed by atoms with Crippen molar-refractivity contribution < 1.29 is 28.5 Å². The zero-order chi connectivity index (χ0) is 19.7. The third-order valence-electron chi connectivity index (χ3n) is 4.79. The Morgan fingerprint density at radius 2 is 1.96 bits per heavy atom. The van der Waals surface area contributed by atoms with Gasteiger partial charge in [0.1, 0.15) is 0 Å². The first kappa shape index (κ1) is 20.7. The Morgan fingerprint density at radius 3 is 2.46 bits per heavy atom. The maximum Gasteiger partial charge on any atom is 0.300 e. The SMILES string of the molecule is COc1nc(Cl)nc2c1ncn2[C@H](OC)C(F)(F)C(C)(CO)[C@H](C)CO. The van der Waals surface area contributed by atoms with Crippen molar-refractivity contribution in [2.75, 3.05) is 27.4 Å². The van der Waals surface area contributed by atoms with Crippen molar-refractivity contribution >= 4 is 22.8 Å². The fourth-order valence-corrected chi connectivity index (χ4v) is 2.85. The van der Waals surface area contributed by atoms with Gasteiger partial charge in [0.25, 0.3) is 5.92 Å². The van der Waals surface area contributed by atoms with E-state index in [2.05, 4.69) is 15.0 Å². The van der Waals surface area contributed by atoms with Gasteiger partial charge in [0, 0.05) is 13.7 Å². The Labute approximate surface area is 153 Å². The van der Waals surface area contributed by atoms with Gasteiger partial charge < -0.3 is 19.7 Å². The van der Waals surface area contributed by atoms with Crippen LogP contribution in [-0.4, -0.2) is 63.1 Å². The van der Waals surface area contributed by atoms with Gasteiger partial charge in [-0.15, -0.1) is 0 Å². The number of imidazole rings is 1. The fraction of sp³-hybridized carbons (Fsp3) is 0.667. The second-order valence-corrected chi connectivity index (χ2v) is 6.53. The first-order chi connectivity index (χ1) is 12.2. The second-order valence-electron chi connectivity index (χ2n) is 6.20. The number of aliphatic hydroxyl groups is 2. The zero-order valence-electron chi connectivity index (χ0n) is 14.8. The van der Waals surface area contributed by atoms with Crippen molar-refractivity contribution in [3.05, 3.63) is 11.6 Å². The predicted molar refractivity (Wildman–Crippen MR) is 89.3 cm³/mol. The summed E-state index contributed by atoms with van der Waals surface area (Å²) in [6.07, 6.45) is -0.754. The number of ether oxygens (including phenoxy) is 2. The Balaban J connectivity index is 2.64. The highest BCUT2D eigenvalue weighted by atomic mass is 35.5. The molecule has 0 radical (unpaired) electrons. The van der Waals surface area contributed by atoms with Gasteiger partial charge in [-0.2, -0.15) is 9.97 Å². The molecule has 11 heteroatoms. The van der Waals surface area contributed by atoms with Crippen LogP contribution < -0.4 is 4.74 Å². The lowest BCUT2D eigenvalue weighted by Gasteiger charge is -2.43. The normalized spacial score (nSPS) is 17.1. The number of hydrogen-bond donors (Lipinski definition) is 2. The van der Waals surface area contributed by atoms with Crippen LogP contribution in [0.1, 0.15) is 20.1 Å². The summed E-state index contributed by atoms with van der Waals surface area (Å²) in [5, 5.41) is 18.8. The minimum Gasteiger partial charge on any atom is -0.479 e. The number of alkyl halides is 2. The highest BCUT2D eigenvalue weighted by Gasteiger charge is 2.59. The molecule has 0 aliphatic carbocycles. The molecule has 2 N–H and O–H groups in total. The Hall–Kier alpha value is -1.62. The van der Waals surface area contributed by atoms with E-state index in [9.17, 15) is 10.2 Å². The van der Waals surface area contributed by atoms with E-state index in [1.807, 2.05) is 0 Å². The molecule has 0 aliphatic rings. The summed E-state index contributed by atoms with van der Waals surface area (Å²) >= 11 is 5.84. The van der Waals surface area contributed by atoms with Crippen LogP contribution in [0, 0.1) is 11.3 Å². The minimum atomic E-state index is -3.60. The smallest absolute Gasteiger partial charge is 0.300 e. The number of aliphatic hydroxyl groups excluding tert-OH is 2. The lowest BCUT2D eigenvalue weighted by molar-refractivity contribution is -0.249. The van der Waals surface area contributed by atoms with Crippen LogP contribution in [0.15, 0.2) is 6.33 Å². The van der Waals surface area contributed by atoms with E-state index in [0.717, 1.165) is 18.0 Å². The van der Waals surface area contributed by atoms with Gasteiger partial charge in [-0.05, 0) is 17.5 Å². The van der Waals surface area contributed by atoms with Crippen molar-refractivity contribution in [3.63, 3.8) is 0 Å². The molecule has 0 saturated carbocycles. The first-order valence-corrected chi connectivity index (χ1v) is 8.12. The number of rotatable bonds is 8. The lowest BCUT2D eigenvalue weighted by Crippen LogP contribution is -2.53. The fourth-order valence-electron chi connectivity index (χ4n) is 2.69. The zero-order valence-corrected chi connectivity index (χ0v) is 15.5. The van der Waals surface area contributed by atoms with Gasteiger partial charge in [-0.3, -0.25) is 4.57 Å². The number of nitrogens with zero attached hydrogens (tertiary/aromatic N) is 4. The molecule has 0 aliphatic heterocycles. The number of aromatic nitrogens is 4. The third kappa shape index (κ3) is 3.11. The van der Waals surface area contributed by atoms with Crippen molar-refractivity contribution in [2.24, 2.45) is 11.3 Å². The van der Waals surface area contributed by atoms with Crippen LogP contribution in [0.4, 0.5) is 8.78 Å². The molecule has 8 nitrogen and oxygen atoms in total. The Morgan fingerprint density at radius 1 is 1.31 bits per heavy atom. The predicted octanol–water partition coefficient (Wildman–Crippen LogP) is 1.90. The maximum atomic E-state index is 15.4. The largest absolute Gasteiger partial charge is 0.479 e. The van der Waals surface area contributed by atoms with Gasteiger partial charge in [-0.25, -0.2) is 13.8 Å². The standard InChI is InChI=1S/C15H21ClF2N4O4/c1-8(5-23)14(2,6-24)15(17,18)12(26-4)22-7-19-9-10(22)20-13(16)21-11(9)25-3/h7-8,12,23-24H,5-6H2,1-4H3/t8-,12-,14?/m1/s1. The monoisotopic (exact) mass is 394 g/mol. The number of hydrogen-bond acceptors (Lipinski definition) is 7. The van der Waals surface area contributed by atoms with Gasteiger partial charge in [0.15, 0.2) is 11.2 Å². The molecular weight excluding hydrogens is 374 g/mol. The topological polar surface area (TPSA) is 103 Å². The number of methoxy groups -OCH3 is 2. The molecule has 2 heterocycles. The lowest BCUT2D eigenvalue weighted by atomic mass is 9.73. The number of halogens is 3. The van der Waals surface area contributed by atoms with Gasteiger partial charge >= 0.3 is 0 Å². The third-order valence-corrected chi connectivity index (χ3v) is 4.96. The van der Waals surface area contributed by atoms with Crippen LogP contribution >= 0.6 is 11.6 Å².